The van der Waals surface area contributed by atoms with E-state index in [-0.39, 0.29) is 11.0 Å². The Morgan fingerprint density at radius 2 is 1.93 bits per heavy atom. The number of carbonyl (C=O) groups is 2. The Bertz CT molecular complexity index is 933. The van der Waals surface area contributed by atoms with Crippen molar-refractivity contribution in [3.63, 3.8) is 0 Å². The van der Waals surface area contributed by atoms with Crippen molar-refractivity contribution >= 4 is 34.2 Å². The Hall–Kier alpha value is -2.52. The van der Waals surface area contributed by atoms with Crippen molar-refractivity contribution < 1.29 is 19.4 Å². The lowest BCUT2D eigenvalue weighted by Gasteiger charge is -2.29. The fourth-order valence-corrected chi connectivity index (χ4v) is 4.98. The summed E-state index contributed by atoms with van der Waals surface area (Å²) in [6, 6.07) is 0. The zero-order chi connectivity index (χ0) is 20.6. The standard InChI is InChI=1S/C20H24N4O4S/c1-20(2)4-3-14-13(9-20)15(18(26)27)17(29-14)23-16(25)12-10-21-19(22-11-12)24-5-7-28-8-6-24/h10-11H,3-9H2,1-2H3,(H,23,25)(H,26,27). The zero-order valence-electron chi connectivity index (χ0n) is 16.5. The van der Waals surface area contributed by atoms with Gasteiger partial charge >= 0.3 is 5.97 Å². The average Bonchev–Trinajstić information content (AvgIpc) is 3.04. The molecular weight excluding hydrogens is 392 g/mol. The summed E-state index contributed by atoms with van der Waals surface area (Å²) in [6.07, 6.45) is 5.49. The van der Waals surface area contributed by atoms with Gasteiger partial charge in [-0.05, 0) is 30.2 Å². The van der Waals surface area contributed by atoms with Crippen molar-refractivity contribution in [2.75, 3.05) is 36.5 Å². The van der Waals surface area contributed by atoms with E-state index in [0.717, 1.165) is 23.3 Å². The largest absolute Gasteiger partial charge is 0.478 e. The molecule has 154 valence electrons. The third-order valence-electron chi connectivity index (χ3n) is 5.41. The highest BCUT2D eigenvalue weighted by molar-refractivity contribution is 7.17. The molecule has 8 nitrogen and oxygen atoms in total. The summed E-state index contributed by atoms with van der Waals surface area (Å²) in [5, 5.41) is 12.9. The Morgan fingerprint density at radius 1 is 1.24 bits per heavy atom. The van der Waals surface area contributed by atoms with E-state index in [1.165, 1.54) is 23.7 Å². The molecule has 1 aliphatic heterocycles. The number of thiophene rings is 1. The summed E-state index contributed by atoms with van der Waals surface area (Å²) in [7, 11) is 0. The van der Waals surface area contributed by atoms with Crippen LogP contribution in [0.5, 0.6) is 0 Å². The summed E-state index contributed by atoms with van der Waals surface area (Å²) in [4.78, 5) is 36.3. The summed E-state index contributed by atoms with van der Waals surface area (Å²) < 4.78 is 5.32. The Labute approximate surface area is 172 Å². The first kappa shape index (κ1) is 19.8. The smallest absolute Gasteiger partial charge is 0.339 e. The lowest BCUT2D eigenvalue weighted by Crippen LogP contribution is -2.37. The minimum atomic E-state index is -1.01. The van der Waals surface area contributed by atoms with E-state index in [1.807, 2.05) is 4.90 Å². The van der Waals surface area contributed by atoms with Gasteiger partial charge in [0.15, 0.2) is 0 Å². The van der Waals surface area contributed by atoms with E-state index in [0.29, 0.717) is 49.2 Å². The first-order valence-corrected chi connectivity index (χ1v) is 10.5. The quantitative estimate of drug-likeness (QED) is 0.790. The minimum Gasteiger partial charge on any atom is -0.478 e. The average molecular weight is 417 g/mol. The van der Waals surface area contributed by atoms with Crippen LogP contribution in [-0.4, -0.2) is 53.3 Å². The number of nitrogens with zero attached hydrogens (tertiary/aromatic N) is 3. The molecule has 1 aliphatic carbocycles. The van der Waals surface area contributed by atoms with Gasteiger partial charge in [0.2, 0.25) is 5.95 Å². The molecule has 0 bridgehead atoms. The molecule has 0 unspecified atom stereocenters. The number of aromatic carboxylic acids is 1. The van der Waals surface area contributed by atoms with Crippen molar-refractivity contribution in [2.45, 2.75) is 33.1 Å². The number of carboxylic acids is 1. The first-order valence-electron chi connectivity index (χ1n) is 9.68. The van der Waals surface area contributed by atoms with Gasteiger partial charge in [-0.2, -0.15) is 0 Å². The molecule has 2 aromatic rings. The summed E-state index contributed by atoms with van der Waals surface area (Å²) in [5.74, 6) is -0.849. The molecule has 2 aliphatic rings. The Morgan fingerprint density at radius 3 is 2.59 bits per heavy atom. The third-order valence-corrected chi connectivity index (χ3v) is 6.62. The number of ether oxygens (including phenoxy) is 1. The summed E-state index contributed by atoms with van der Waals surface area (Å²) >= 11 is 1.36. The molecule has 4 rings (SSSR count). The van der Waals surface area contributed by atoms with Crippen LogP contribution in [0.1, 0.15) is 51.4 Å². The number of aromatic nitrogens is 2. The fraction of sp³-hybridized carbons (Fsp3) is 0.500. The molecule has 1 fully saturated rings. The van der Waals surface area contributed by atoms with Gasteiger partial charge in [0.1, 0.15) is 5.00 Å². The molecule has 1 amide bonds. The van der Waals surface area contributed by atoms with E-state index in [1.54, 1.807) is 0 Å². The Balaban J connectivity index is 1.54. The number of hydrogen-bond donors (Lipinski definition) is 2. The molecule has 0 radical (unpaired) electrons. The maximum Gasteiger partial charge on any atom is 0.339 e. The molecule has 1 saturated heterocycles. The van der Waals surface area contributed by atoms with E-state index in [2.05, 4.69) is 29.1 Å². The fourth-order valence-electron chi connectivity index (χ4n) is 3.77. The van der Waals surface area contributed by atoms with Crippen LogP contribution in [-0.2, 0) is 17.6 Å². The molecule has 3 heterocycles. The van der Waals surface area contributed by atoms with Gasteiger partial charge in [0, 0.05) is 30.4 Å². The highest BCUT2D eigenvalue weighted by Crippen LogP contribution is 2.43. The first-order chi connectivity index (χ1) is 13.8. The van der Waals surface area contributed by atoms with Crippen molar-refractivity contribution in [3.8, 4) is 0 Å². The summed E-state index contributed by atoms with van der Waals surface area (Å²) in [6.45, 7) is 6.97. The minimum absolute atomic E-state index is 0.0582. The predicted molar refractivity (Wildman–Crippen MR) is 110 cm³/mol. The molecule has 2 N–H and O–H groups in total. The van der Waals surface area contributed by atoms with Gasteiger partial charge in [-0.3, -0.25) is 4.79 Å². The highest BCUT2D eigenvalue weighted by atomic mass is 32.1. The lowest BCUT2D eigenvalue weighted by molar-refractivity contribution is 0.0696. The van der Waals surface area contributed by atoms with Gasteiger partial charge in [-0.25, -0.2) is 14.8 Å². The van der Waals surface area contributed by atoms with E-state index < -0.39 is 11.9 Å². The van der Waals surface area contributed by atoms with Crippen molar-refractivity contribution in [2.24, 2.45) is 5.41 Å². The van der Waals surface area contributed by atoms with Gasteiger partial charge in [0.25, 0.3) is 5.91 Å². The third kappa shape index (κ3) is 4.11. The van der Waals surface area contributed by atoms with Gasteiger partial charge in [-0.15, -0.1) is 11.3 Å². The van der Waals surface area contributed by atoms with Crippen molar-refractivity contribution in [3.05, 3.63) is 34.0 Å². The molecule has 0 atom stereocenters. The zero-order valence-corrected chi connectivity index (χ0v) is 17.3. The molecule has 29 heavy (non-hydrogen) atoms. The SMILES string of the molecule is CC1(C)CCc2sc(NC(=O)c3cnc(N4CCOCC4)nc3)c(C(=O)O)c2C1. The maximum absolute atomic E-state index is 12.7. The lowest BCUT2D eigenvalue weighted by atomic mass is 9.76. The number of morpholine rings is 1. The van der Waals surface area contributed by atoms with Crippen LogP contribution in [0.4, 0.5) is 10.9 Å². The van der Waals surface area contributed by atoms with Crippen LogP contribution < -0.4 is 10.2 Å². The van der Waals surface area contributed by atoms with E-state index in [4.69, 9.17) is 4.74 Å². The number of fused-ring (bicyclic) bond motifs is 1. The molecule has 9 heteroatoms. The van der Waals surface area contributed by atoms with Crippen LogP contribution in [0.3, 0.4) is 0 Å². The Kier molecular flexibility index (Phi) is 5.26. The number of hydrogen-bond acceptors (Lipinski definition) is 7. The number of amides is 1. The van der Waals surface area contributed by atoms with Crippen LogP contribution in [0.2, 0.25) is 0 Å². The van der Waals surface area contributed by atoms with Gasteiger partial charge < -0.3 is 20.1 Å². The van der Waals surface area contributed by atoms with Crippen LogP contribution in [0.15, 0.2) is 12.4 Å². The second-order valence-electron chi connectivity index (χ2n) is 8.18. The number of aryl methyl sites for hydroxylation is 1. The number of carboxylic acid groups (broad SMARTS) is 1. The van der Waals surface area contributed by atoms with Crippen LogP contribution in [0.25, 0.3) is 0 Å². The number of rotatable bonds is 4. The monoisotopic (exact) mass is 416 g/mol. The predicted octanol–water partition coefficient (Wildman–Crippen LogP) is 2.84. The molecular formula is C20H24N4O4S. The van der Waals surface area contributed by atoms with Gasteiger partial charge in [0.05, 0.1) is 24.3 Å². The topological polar surface area (TPSA) is 105 Å². The molecule has 2 aromatic heterocycles. The number of anilines is 2. The summed E-state index contributed by atoms with van der Waals surface area (Å²) in [5.41, 5.74) is 1.43. The second-order valence-corrected chi connectivity index (χ2v) is 9.28. The van der Waals surface area contributed by atoms with Gasteiger partial charge in [-0.1, -0.05) is 13.8 Å². The highest BCUT2D eigenvalue weighted by Gasteiger charge is 2.33. The molecule has 0 saturated carbocycles. The van der Waals surface area contributed by atoms with E-state index in [9.17, 15) is 14.7 Å². The normalized spacial score (nSPS) is 18.2. The van der Waals surface area contributed by atoms with Crippen LogP contribution >= 0.6 is 11.3 Å². The van der Waals surface area contributed by atoms with Crippen LogP contribution in [0, 0.1) is 5.41 Å². The number of carbonyl (C=O) groups excluding carboxylic acids is 1. The van der Waals surface area contributed by atoms with E-state index >= 15 is 0 Å². The van der Waals surface area contributed by atoms with Crippen molar-refractivity contribution in [1.82, 2.24) is 9.97 Å². The van der Waals surface area contributed by atoms with Crippen molar-refractivity contribution in [1.29, 1.82) is 0 Å². The maximum atomic E-state index is 12.7. The molecule has 0 spiro atoms. The number of nitrogens with one attached hydrogen (secondary N) is 1. The molecule has 0 aromatic carbocycles. The second kappa shape index (κ2) is 7.72.